The number of hydrogen-bond acceptors (Lipinski definition) is 4. The molecule has 0 spiro atoms. The molecule has 0 saturated heterocycles. The number of furan rings is 1. The molecular formula is C17H21NO2S2. The molecule has 0 aliphatic carbocycles. The molecule has 22 heavy (non-hydrogen) atoms. The van der Waals surface area contributed by atoms with Gasteiger partial charge in [0, 0.05) is 18.1 Å². The van der Waals surface area contributed by atoms with Crippen molar-refractivity contribution in [1.29, 1.82) is 0 Å². The van der Waals surface area contributed by atoms with Crippen molar-refractivity contribution in [2.75, 3.05) is 12.3 Å². The van der Waals surface area contributed by atoms with E-state index >= 15 is 0 Å². The maximum Gasteiger partial charge on any atom is 0.232 e. The summed E-state index contributed by atoms with van der Waals surface area (Å²) >= 11 is 3.43. The molecule has 0 fully saturated rings. The first kappa shape index (κ1) is 17.0. The zero-order valence-electron chi connectivity index (χ0n) is 12.7. The summed E-state index contributed by atoms with van der Waals surface area (Å²) in [6, 6.07) is 14.1. The first-order valence-corrected chi connectivity index (χ1v) is 9.49. The Labute approximate surface area is 140 Å². The Kier molecular flexibility index (Phi) is 7.46. The Balaban J connectivity index is 1.56. The maximum atomic E-state index is 12.0. The van der Waals surface area contributed by atoms with Crippen LogP contribution in [0.1, 0.15) is 18.2 Å². The summed E-state index contributed by atoms with van der Waals surface area (Å²) in [4.78, 5) is 12.0. The van der Waals surface area contributed by atoms with Crippen LogP contribution in [0.15, 0.2) is 53.1 Å². The number of nitrogens with one attached hydrogen (secondary N) is 1. The fourth-order valence-corrected chi connectivity index (χ4v) is 3.45. The molecule has 1 heterocycles. The summed E-state index contributed by atoms with van der Waals surface area (Å²) in [5, 5.41) is 2.96. The lowest BCUT2D eigenvalue weighted by atomic mass is 10.2. The lowest BCUT2D eigenvalue weighted by Gasteiger charge is -2.11. The van der Waals surface area contributed by atoms with Crippen LogP contribution in [0.2, 0.25) is 0 Å². The largest absolute Gasteiger partial charge is 0.468 e. The first-order valence-electron chi connectivity index (χ1n) is 7.29. The Hall–Kier alpha value is -1.33. The third kappa shape index (κ3) is 6.20. The summed E-state index contributed by atoms with van der Waals surface area (Å²) in [5.41, 5.74) is 1.25. The first-order chi connectivity index (χ1) is 10.8. The molecule has 1 aromatic carbocycles. The number of amides is 1. The molecule has 118 valence electrons. The monoisotopic (exact) mass is 335 g/mol. The molecule has 0 unspecified atom stereocenters. The van der Waals surface area contributed by atoms with Crippen molar-refractivity contribution < 1.29 is 9.21 Å². The van der Waals surface area contributed by atoms with Crippen LogP contribution in [0, 0.1) is 0 Å². The van der Waals surface area contributed by atoms with Crippen LogP contribution < -0.4 is 5.32 Å². The number of carbonyl (C=O) groups is 1. The van der Waals surface area contributed by atoms with Gasteiger partial charge in [0.2, 0.25) is 5.91 Å². The van der Waals surface area contributed by atoms with E-state index in [0.717, 1.165) is 23.0 Å². The van der Waals surface area contributed by atoms with Crippen LogP contribution in [0.4, 0.5) is 0 Å². The van der Waals surface area contributed by atoms with Gasteiger partial charge in [-0.3, -0.25) is 4.79 Å². The van der Waals surface area contributed by atoms with Crippen LogP contribution in [0.3, 0.4) is 0 Å². The van der Waals surface area contributed by atoms with Crippen LogP contribution in [-0.2, 0) is 16.3 Å². The van der Waals surface area contributed by atoms with E-state index in [4.69, 9.17) is 4.42 Å². The molecule has 0 aliphatic heterocycles. The van der Waals surface area contributed by atoms with E-state index in [1.54, 1.807) is 29.8 Å². The van der Waals surface area contributed by atoms with Crippen molar-refractivity contribution >= 4 is 29.4 Å². The normalized spacial score (nSPS) is 12.0. The van der Waals surface area contributed by atoms with Gasteiger partial charge in [-0.15, -0.1) is 11.8 Å². The van der Waals surface area contributed by atoms with Gasteiger partial charge < -0.3 is 9.73 Å². The smallest absolute Gasteiger partial charge is 0.232 e. The highest BCUT2D eigenvalue weighted by molar-refractivity contribution is 7.99. The second-order valence-corrected chi connectivity index (χ2v) is 7.30. The molecule has 5 heteroatoms. The molecule has 0 saturated carbocycles. The minimum Gasteiger partial charge on any atom is -0.468 e. The van der Waals surface area contributed by atoms with Gasteiger partial charge in [-0.2, -0.15) is 11.8 Å². The number of carbonyl (C=O) groups excluding carboxylic acids is 1. The number of thioether (sulfide) groups is 2. The van der Waals surface area contributed by atoms with Crippen LogP contribution in [-0.4, -0.2) is 23.5 Å². The highest BCUT2D eigenvalue weighted by Gasteiger charge is 2.12. The van der Waals surface area contributed by atoms with Crippen molar-refractivity contribution in [2.45, 2.75) is 23.7 Å². The predicted molar refractivity (Wildman–Crippen MR) is 95.1 cm³/mol. The van der Waals surface area contributed by atoms with Crippen molar-refractivity contribution in [3.63, 3.8) is 0 Å². The molecular weight excluding hydrogens is 314 g/mol. The summed E-state index contributed by atoms with van der Waals surface area (Å²) in [6.07, 6.45) is 1.68. The Morgan fingerprint density at radius 2 is 2.00 bits per heavy atom. The molecule has 3 nitrogen and oxygen atoms in total. The van der Waals surface area contributed by atoms with Crippen LogP contribution in [0.25, 0.3) is 0 Å². The van der Waals surface area contributed by atoms with E-state index in [0.29, 0.717) is 6.54 Å². The van der Waals surface area contributed by atoms with Crippen molar-refractivity contribution in [1.82, 2.24) is 5.32 Å². The van der Waals surface area contributed by atoms with Gasteiger partial charge in [-0.05, 0) is 24.6 Å². The van der Waals surface area contributed by atoms with Gasteiger partial charge in [0.05, 0.1) is 17.3 Å². The fourth-order valence-electron chi connectivity index (χ4n) is 1.83. The van der Waals surface area contributed by atoms with E-state index in [2.05, 4.69) is 17.4 Å². The molecule has 2 rings (SSSR count). The number of hydrogen-bond donors (Lipinski definition) is 1. The number of rotatable bonds is 9. The third-order valence-electron chi connectivity index (χ3n) is 3.08. The van der Waals surface area contributed by atoms with Gasteiger partial charge in [-0.25, -0.2) is 0 Å². The van der Waals surface area contributed by atoms with Gasteiger partial charge in [0.25, 0.3) is 0 Å². The van der Waals surface area contributed by atoms with Gasteiger partial charge >= 0.3 is 0 Å². The zero-order valence-corrected chi connectivity index (χ0v) is 14.3. The molecule has 1 N–H and O–H groups in total. The van der Waals surface area contributed by atoms with Crippen molar-refractivity contribution in [2.24, 2.45) is 0 Å². The molecule has 0 radical (unpaired) electrons. The Bertz CT molecular complexity index is 543. The van der Waals surface area contributed by atoms with Gasteiger partial charge in [0.1, 0.15) is 5.76 Å². The fraction of sp³-hybridized carbons (Fsp3) is 0.353. The van der Waals surface area contributed by atoms with Gasteiger partial charge in [0.15, 0.2) is 0 Å². The van der Waals surface area contributed by atoms with E-state index in [1.807, 2.05) is 37.3 Å². The predicted octanol–water partition coefficient (Wildman–Crippen LogP) is 3.95. The van der Waals surface area contributed by atoms with E-state index in [1.165, 1.54) is 5.56 Å². The standard InChI is InChI=1S/C17H21NO2S2/c1-14(22-12-15-6-3-2-4-7-15)17(19)18-9-11-21-13-16-8-5-10-20-16/h2-8,10,14H,9,11-13H2,1H3,(H,18,19)/t14-/m1/s1. The summed E-state index contributed by atoms with van der Waals surface area (Å²) in [5.74, 6) is 3.69. The maximum absolute atomic E-state index is 12.0. The van der Waals surface area contributed by atoms with Crippen molar-refractivity contribution in [3.8, 4) is 0 Å². The topological polar surface area (TPSA) is 42.2 Å². The minimum atomic E-state index is -0.0321. The second kappa shape index (κ2) is 9.64. The average Bonchev–Trinajstić information content (AvgIpc) is 3.06. The van der Waals surface area contributed by atoms with E-state index in [-0.39, 0.29) is 11.2 Å². The van der Waals surface area contributed by atoms with Crippen LogP contribution in [0.5, 0.6) is 0 Å². The summed E-state index contributed by atoms with van der Waals surface area (Å²) in [6.45, 7) is 2.65. The SMILES string of the molecule is C[C@@H](SCc1ccccc1)C(=O)NCCSCc1ccco1. The molecule has 1 aromatic heterocycles. The highest BCUT2D eigenvalue weighted by Crippen LogP contribution is 2.17. The zero-order chi connectivity index (χ0) is 15.6. The lowest BCUT2D eigenvalue weighted by molar-refractivity contribution is -0.120. The minimum absolute atomic E-state index is 0.0321. The number of benzene rings is 1. The van der Waals surface area contributed by atoms with E-state index < -0.39 is 0 Å². The quantitative estimate of drug-likeness (QED) is 0.705. The highest BCUT2D eigenvalue weighted by atomic mass is 32.2. The van der Waals surface area contributed by atoms with Gasteiger partial charge in [-0.1, -0.05) is 30.3 Å². The lowest BCUT2D eigenvalue weighted by Crippen LogP contribution is -2.32. The third-order valence-corrected chi connectivity index (χ3v) is 5.28. The van der Waals surface area contributed by atoms with Crippen molar-refractivity contribution in [3.05, 3.63) is 60.1 Å². The molecule has 0 bridgehead atoms. The Morgan fingerprint density at radius 3 is 2.73 bits per heavy atom. The molecule has 0 aliphatic rings. The van der Waals surface area contributed by atoms with E-state index in [9.17, 15) is 4.79 Å². The van der Waals surface area contributed by atoms with Crippen LogP contribution >= 0.6 is 23.5 Å². The average molecular weight is 335 g/mol. The Morgan fingerprint density at radius 1 is 1.18 bits per heavy atom. The molecule has 2 aromatic rings. The summed E-state index contributed by atoms with van der Waals surface area (Å²) in [7, 11) is 0. The molecule has 1 amide bonds. The molecule has 1 atom stereocenters. The summed E-state index contributed by atoms with van der Waals surface area (Å²) < 4.78 is 5.26. The second-order valence-electron chi connectivity index (χ2n) is 4.86.